The molecule has 0 aromatic heterocycles. The van der Waals surface area contributed by atoms with E-state index < -0.39 is 17.7 Å². The van der Waals surface area contributed by atoms with Gasteiger partial charge in [-0.1, -0.05) is 24.3 Å². The lowest BCUT2D eigenvalue weighted by molar-refractivity contribution is -0.132. The molecule has 2 aromatic carbocycles. The summed E-state index contributed by atoms with van der Waals surface area (Å²) >= 11 is 0. The molecule has 1 aliphatic carbocycles. The number of hydrogen-bond acceptors (Lipinski definition) is 5. The number of rotatable bonds is 3. The van der Waals surface area contributed by atoms with Crippen LogP contribution in [-0.4, -0.2) is 46.0 Å². The van der Waals surface area contributed by atoms with Gasteiger partial charge in [-0.3, -0.25) is 19.9 Å². The number of hydrogen-bond donors (Lipinski definition) is 4. The van der Waals surface area contributed by atoms with E-state index in [0.717, 1.165) is 11.1 Å². The molecule has 3 aliphatic rings. The van der Waals surface area contributed by atoms with Crippen molar-refractivity contribution in [1.29, 1.82) is 5.41 Å². The van der Waals surface area contributed by atoms with Crippen LogP contribution in [0.15, 0.2) is 42.5 Å². The maximum absolute atomic E-state index is 13.1. The Labute approximate surface area is 192 Å². The predicted octanol–water partition coefficient (Wildman–Crippen LogP) is 2.43. The van der Waals surface area contributed by atoms with Crippen LogP contribution in [0.25, 0.3) is 0 Å². The Bertz CT molecular complexity index is 1120. The van der Waals surface area contributed by atoms with Crippen LogP contribution in [0.4, 0.5) is 0 Å². The number of carbonyl (C=O) groups excluding carboxylic acids is 2. The Morgan fingerprint density at radius 1 is 1.24 bits per heavy atom. The fraction of sp³-hybridized carbons (Fsp3) is 0.400. The molecule has 1 unspecified atom stereocenters. The second-order valence-electron chi connectivity index (χ2n) is 9.62. The van der Waals surface area contributed by atoms with Gasteiger partial charge < -0.3 is 20.5 Å². The van der Waals surface area contributed by atoms with Crippen LogP contribution in [0.3, 0.4) is 0 Å². The number of ether oxygens (including phenoxy) is 1. The molecular formula is C25H28N4O4. The van der Waals surface area contributed by atoms with Gasteiger partial charge in [-0.05, 0) is 43.2 Å². The largest absolute Gasteiger partial charge is 0.493 e. The van der Waals surface area contributed by atoms with E-state index in [2.05, 4.69) is 10.6 Å². The van der Waals surface area contributed by atoms with Crippen molar-refractivity contribution in [2.75, 3.05) is 6.61 Å². The van der Waals surface area contributed by atoms with Gasteiger partial charge in [0.15, 0.2) is 5.96 Å². The van der Waals surface area contributed by atoms with Crippen molar-refractivity contribution < 1.29 is 19.4 Å². The highest BCUT2D eigenvalue weighted by molar-refractivity contribution is 6.00. The number of benzene rings is 2. The summed E-state index contributed by atoms with van der Waals surface area (Å²) < 4.78 is 5.79. The second-order valence-corrected chi connectivity index (χ2v) is 9.62. The maximum Gasteiger partial charge on any atom is 0.251 e. The van der Waals surface area contributed by atoms with E-state index in [9.17, 15) is 14.7 Å². The molecule has 8 nitrogen and oxygen atoms in total. The highest BCUT2D eigenvalue weighted by atomic mass is 16.5. The van der Waals surface area contributed by atoms with Gasteiger partial charge in [0.2, 0.25) is 5.91 Å². The lowest BCUT2D eigenvalue weighted by Crippen LogP contribution is -2.60. The summed E-state index contributed by atoms with van der Waals surface area (Å²) in [6.07, 6.45) is 0.634. The lowest BCUT2D eigenvalue weighted by atomic mass is 9.92. The van der Waals surface area contributed by atoms with Crippen molar-refractivity contribution in [3.05, 3.63) is 64.7 Å². The Balaban J connectivity index is 1.42. The van der Waals surface area contributed by atoms with Crippen LogP contribution >= 0.6 is 0 Å². The molecule has 0 saturated carbocycles. The Morgan fingerprint density at radius 2 is 2.03 bits per heavy atom. The summed E-state index contributed by atoms with van der Waals surface area (Å²) in [5.74, 6) is 0.249. The topological polar surface area (TPSA) is 115 Å². The minimum Gasteiger partial charge on any atom is -0.493 e. The fourth-order valence-electron chi connectivity index (χ4n) is 5.10. The summed E-state index contributed by atoms with van der Waals surface area (Å²) in [7, 11) is 0. The number of fused-ring (bicyclic) bond motifs is 2. The van der Waals surface area contributed by atoms with Gasteiger partial charge in [-0.25, -0.2) is 0 Å². The zero-order chi connectivity index (χ0) is 23.3. The van der Waals surface area contributed by atoms with Gasteiger partial charge in [-0.15, -0.1) is 0 Å². The average molecular weight is 449 g/mol. The third-order valence-electron chi connectivity index (χ3n) is 6.64. The molecule has 3 atom stereocenters. The van der Waals surface area contributed by atoms with Crippen molar-refractivity contribution >= 4 is 17.8 Å². The second kappa shape index (κ2) is 7.88. The van der Waals surface area contributed by atoms with Crippen molar-refractivity contribution in [2.24, 2.45) is 0 Å². The standard InChI is InChI=1S/C25H28N4O4/c1-25(2)13-21(31)29(24(26)28-25)18-9-10-33-20-8-7-15(11-17(18)20)23(32)27-22-16-6-4-3-5-14(16)12-19(22)30/h3-8,11,18-19,22,30H,9-10,12-13H2,1-2H3,(H2,26,28)(H,27,32)/t18?,19-,22-/m1/s1. The lowest BCUT2D eigenvalue weighted by Gasteiger charge is -2.43. The SMILES string of the molecule is CC1(C)CC(=O)N(C2CCOc3ccc(C(=O)N[C@@H]4c5ccccc5C[C@H]4O)cc32)C(=N)N1. The van der Waals surface area contributed by atoms with E-state index in [-0.39, 0.29) is 30.2 Å². The molecule has 4 N–H and O–H groups in total. The molecule has 2 aromatic rings. The first-order valence-electron chi connectivity index (χ1n) is 11.3. The van der Waals surface area contributed by atoms with Gasteiger partial charge >= 0.3 is 0 Å². The van der Waals surface area contributed by atoms with E-state index in [1.54, 1.807) is 18.2 Å². The van der Waals surface area contributed by atoms with Crippen LogP contribution in [0.5, 0.6) is 5.75 Å². The summed E-state index contributed by atoms with van der Waals surface area (Å²) in [5.41, 5.74) is 2.62. The normalized spacial score (nSPS) is 25.5. The Morgan fingerprint density at radius 3 is 2.82 bits per heavy atom. The van der Waals surface area contributed by atoms with Gasteiger partial charge in [0, 0.05) is 35.9 Å². The molecule has 0 radical (unpaired) electrons. The van der Waals surface area contributed by atoms with Gasteiger partial charge in [0.05, 0.1) is 24.8 Å². The Kier molecular flexibility index (Phi) is 5.12. The fourth-order valence-corrected chi connectivity index (χ4v) is 5.10. The van der Waals surface area contributed by atoms with E-state index in [4.69, 9.17) is 10.1 Å². The number of guanidine groups is 1. The average Bonchev–Trinajstić information content (AvgIpc) is 3.07. The molecule has 0 bridgehead atoms. The maximum atomic E-state index is 13.1. The minimum absolute atomic E-state index is 0.0645. The molecule has 0 spiro atoms. The quantitative estimate of drug-likeness (QED) is 0.576. The van der Waals surface area contributed by atoms with Gasteiger partial charge in [-0.2, -0.15) is 0 Å². The number of nitrogens with zero attached hydrogens (tertiary/aromatic N) is 1. The van der Waals surface area contributed by atoms with E-state index >= 15 is 0 Å². The number of aliphatic hydroxyl groups excluding tert-OH is 1. The first-order valence-corrected chi connectivity index (χ1v) is 11.3. The highest BCUT2D eigenvalue weighted by Crippen LogP contribution is 2.39. The highest BCUT2D eigenvalue weighted by Gasteiger charge is 2.41. The molecule has 2 aliphatic heterocycles. The number of amides is 2. The molecule has 1 fully saturated rings. The summed E-state index contributed by atoms with van der Waals surface area (Å²) in [5, 5.41) is 25.0. The third kappa shape index (κ3) is 3.84. The summed E-state index contributed by atoms with van der Waals surface area (Å²) in [6, 6.07) is 12.0. The van der Waals surface area contributed by atoms with Gasteiger partial charge in [0.25, 0.3) is 5.91 Å². The first-order chi connectivity index (χ1) is 15.7. The third-order valence-corrected chi connectivity index (χ3v) is 6.64. The number of nitrogens with one attached hydrogen (secondary N) is 3. The van der Waals surface area contributed by atoms with Crippen LogP contribution in [-0.2, 0) is 11.2 Å². The smallest absolute Gasteiger partial charge is 0.251 e. The van der Waals surface area contributed by atoms with Crippen molar-refractivity contribution in [3.8, 4) is 5.75 Å². The molecule has 2 amide bonds. The molecule has 5 rings (SSSR count). The first kappa shape index (κ1) is 21.5. The number of carbonyl (C=O) groups is 2. The van der Waals surface area contributed by atoms with Crippen molar-refractivity contribution in [3.63, 3.8) is 0 Å². The molecular weight excluding hydrogens is 420 g/mol. The van der Waals surface area contributed by atoms with Gasteiger partial charge in [0.1, 0.15) is 5.75 Å². The van der Waals surface area contributed by atoms with E-state index in [1.807, 2.05) is 38.1 Å². The van der Waals surface area contributed by atoms with Crippen LogP contribution in [0.1, 0.15) is 65.8 Å². The molecule has 172 valence electrons. The van der Waals surface area contributed by atoms with Crippen molar-refractivity contribution in [1.82, 2.24) is 15.5 Å². The van der Waals surface area contributed by atoms with E-state index in [0.29, 0.717) is 36.3 Å². The molecule has 1 saturated heterocycles. The minimum atomic E-state index is -0.680. The zero-order valence-corrected chi connectivity index (χ0v) is 18.7. The van der Waals surface area contributed by atoms with E-state index in [1.165, 1.54) is 4.90 Å². The molecule has 8 heteroatoms. The molecule has 2 heterocycles. The summed E-state index contributed by atoms with van der Waals surface area (Å²) in [4.78, 5) is 27.5. The van der Waals surface area contributed by atoms with Crippen LogP contribution in [0.2, 0.25) is 0 Å². The molecule has 33 heavy (non-hydrogen) atoms. The Hall–Kier alpha value is -3.39. The van der Waals surface area contributed by atoms with Crippen LogP contribution in [0, 0.1) is 5.41 Å². The predicted molar refractivity (Wildman–Crippen MR) is 122 cm³/mol. The number of aliphatic hydroxyl groups is 1. The van der Waals surface area contributed by atoms with Crippen molar-refractivity contribution in [2.45, 2.75) is 56.8 Å². The summed E-state index contributed by atoms with van der Waals surface area (Å²) in [6.45, 7) is 4.22. The monoisotopic (exact) mass is 448 g/mol. The zero-order valence-electron chi connectivity index (χ0n) is 18.7. The van der Waals surface area contributed by atoms with Crippen LogP contribution < -0.4 is 15.4 Å².